The highest BCUT2D eigenvalue weighted by atomic mass is 16.7. The van der Waals surface area contributed by atoms with Crippen LogP contribution in [0.3, 0.4) is 0 Å². The summed E-state index contributed by atoms with van der Waals surface area (Å²) >= 11 is 0. The third kappa shape index (κ3) is 3.47. The van der Waals surface area contributed by atoms with E-state index in [9.17, 15) is 0 Å². The molecule has 1 aromatic carbocycles. The molecule has 0 saturated heterocycles. The first-order chi connectivity index (χ1) is 6.86. The standard InChI is InChI=1S/C11H15NO2/c1-3-13-11(12-2)14-9-10-7-5-4-6-8-10/h4-8H,3,9H2,1-2H3. The lowest BCUT2D eigenvalue weighted by molar-refractivity contribution is 0.164. The largest absolute Gasteiger partial charge is 0.451 e. The molecule has 1 rings (SSSR count). The zero-order valence-electron chi connectivity index (χ0n) is 8.56. The fraction of sp³-hybridized carbons (Fsp3) is 0.364. The number of ether oxygens (including phenoxy) is 2. The van der Waals surface area contributed by atoms with E-state index in [2.05, 4.69) is 4.99 Å². The van der Waals surface area contributed by atoms with Crippen LogP contribution >= 0.6 is 0 Å². The maximum absolute atomic E-state index is 5.35. The zero-order chi connectivity index (χ0) is 10.2. The molecule has 1 aromatic rings. The quantitative estimate of drug-likeness (QED) is 0.544. The summed E-state index contributed by atoms with van der Waals surface area (Å²) in [6.45, 7) is 2.96. The molecule has 0 saturated carbocycles. The molecule has 0 spiro atoms. The van der Waals surface area contributed by atoms with Crippen LogP contribution in [0.2, 0.25) is 0 Å². The second kappa shape index (κ2) is 6.02. The van der Waals surface area contributed by atoms with Gasteiger partial charge < -0.3 is 9.47 Å². The van der Waals surface area contributed by atoms with Gasteiger partial charge in [-0.15, -0.1) is 0 Å². The normalized spacial score (nSPS) is 11.1. The summed E-state index contributed by atoms with van der Waals surface area (Å²) in [5, 5.41) is 0. The van der Waals surface area contributed by atoms with Crippen LogP contribution in [-0.4, -0.2) is 19.7 Å². The van der Waals surface area contributed by atoms with Crippen molar-refractivity contribution in [3.8, 4) is 0 Å². The first-order valence-electron chi connectivity index (χ1n) is 4.63. The Bertz CT molecular complexity index is 283. The lowest BCUT2D eigenvalue weighted by Gasteiger charge is -2.07. The molecule has 3 nitrogen and oxygen atoms in total. The van der Waals surface area contributed by atoms with Gasteiger partial charge >= 0.3 is 6.08 Å². The summed E-state index contributed by atoms with van der Waals surface area (Å²) in [6, 6.07) is 9.92. The van der Waals surface area contributed by atoms with Crippen molar-refractivity contribution in [2.45, 2.75) is 13.5 Å². The Morgan fingerprint density at radius 2 is 1.93 bits per heavy atom. The van der Waals surface area contributed by atoms with Gasteiger partial charge in [-0.1, -0.05) is 30.3 Å². The van der Waals surface area contributed by atoms with E-state index in [0.29, 0.717) is 19.3 Å². The highest BCUT2D eigenvalue weighted by molar-refractivity contribution is 5.66. The number of aliphatic imine (C=N–C) groups is 1. The molecule has 0 N–H and O–H groups in total. The van der Waals surface area contributed by atoms with Crippen molar-refractivity contribution in [3.63, 3.8) is 0 Å². The van der Waals surface area contributed by atoms with E-state index in [4.69, 9.17) is 9.47 Å². The molecule has 0 unspecified atom stereocenters. The van der Waals surface area contributed by atoms with E-state index in [1.165, 1.54) is 0 Å². The predicted molar refractivity (Wildman–Crippen MR) is 56.2 cm³/mol. The fourth-order valence-corrected chi connectivity index (χ4v) is 1.01. The van der Waals surface area contributed by atoms with Gasteiger partial charge in [0, 0.05) is 7.05 Å². The van der Waals surface area contributed by atoms with Crippen LogP contribution in [-0.2, 0) is 16.1 Å². The van der Waals surface area contributed by atoms with E-state index in [1.807, 2.05) is 37.3 Å². The number of hydrogen-bond donors (Lipinski definition) is 0. The first kappa shape index (κ1) is 10.6. The van der Waals surface area contributed by atoms with Crippen molar-refractivity contribution in [3.05, 3.63) is 35.9 Å². The van der Waals surface area contributed by atoms with Crippen LogP contribution in [0, 0.1) is 0 Å². The van der Waals surface area contributed by atoms with Gasteiger partial charge in [-0.25, -0.2) is 4.99 Å². The van der Waals surface area contributed by atoms with Crippen LogP contribution in [0.15, 0.2) is 35.3 Å². The van der Waals surface area contributed by atoms with Gasteiger partial charge in [0.05, 0.1) is 6.61 Å². The molecule has 0 aliphatic heterocycles. The van der Waals surface area contributed by atoms with Crippen molar-refractivity contribution in [2.75, 3.05) is 13.7 Å². The molecular weight excluding hydrogens is 178 g/mol. The predicted octanol–water partition coefficient (Wildman–Crippen LogP) is 2.23. The average Bonchev–Trinajstić information content (AvgIpc) is 2.25. The first-order valence-corrected chi connectivity index (χ1v) is 4.63. The van der Waals surface area contributed by atoms with Crippen LogP contribution in [0.25, 0.3) is 0 Å². The van der Waals surface area contributed by atoms with Crippen molar-refractivity contribution < 1.29 is 9.47 Å². The lowest BCUT2D eigenvalue weighted by Crippen LogP contribution is -2.09. The van der Waals surface area contributed by atoms with Crippen molar-refractivity contribution in [1.29, 1.82) is 0 Å². The molecule has 0 radical (unpaired) electrons. The summed E-state index contributed by atoms with van der Waals surface area (Å²) in [4.78, 5) is 3.87. The smallest absolute Gasteiger partial charge is 0.383 e. The third-order valence-corrected chi connectivity index (χ3v) is 1.66. The zero-order valence-corrected chi connectivity index (χ0v) is 8.56. The molecule has 76 valence electrons. The monoisotopic (exact) mass is 193 g/mol. The Balaban J connectivity index is 2.40. The summed E-state index contributed by atoms with van der Waals surface area (Å²) in [6.07, 6.45) is 0.344. The minimum atomic E-state index is 0.344. The van der Waals surface area contributed by atoms with Crippen LogP contribution < -0.4 is 0 Å². The molecule has 14 heavy (non-hydrogen) atoms. The topological polar surface area (TPSA) is 30.8 Å². The minimum absolute atomic E-state index is 0.344. The average molecular weight is 193 g/mol. The number of benzene rings is 1. The maximum atomic E-state index is 5.35. The molecule has 0 amide bonds. The van der Waals surface area contributed by atoms with Crippen LogP contribution in [0.1, 0.15) is 12.5 Å². The lowest BCUT2D eigenvalue weighted by atomic mass is 10.2. The Morgan fingerprint density at radius 1 is 1.21 bits per heavy atom. The highest BCUT2D eigenvalue weighted by Gasteiger charge is 1.99. The van der Waals surface area contributed by atoms with E-state index < -0.39 is 0 Å². The summed E-state index contributed by atoms with van der Waals surface area (Å²) in [5.41, 5.74) is 1.10. The molecule has 0 aliphatic rings. The highest BCUT2D eigenvalue weighted by Crippen LogP contribution is 2.01. The molecule has 0 bridgehead atoms. The van der Waals surface area contributed by atoms with Crippen LogP contribution in [0.4, 0.5) is 0 Å². The Morgan fingerprint density at radius 3 is 2.50 bits per heavy atom. The molecular formula is C11H15NO2. The van der Waals surface area contributed by atoms with Gasteiger partial charge in [-0.2, -0.15) is 0 Å². The fourth-order valence-electron chi connectivity index (χ4n) is 1.01. The number of nitrogens with zero attached hydrogens (tertiary/aromatic N) is 1. The molecule has 0 heterocycles. The summed E-state index contributed by atoms with van der Waals surface area (Å²) in [7, 11) is 1.65. The third-order valence-electron chi connectivity index (χ3n) is 1.66. The van der Waals surface area contributed by atoms with Gasteiger partial charge in [0.15, 0.2) is 0 Å². The van der Waals surface area contributed by atoms with Gasteiger partial charge in [-0.3, -0.25) is 0 Å². The van der Waals surface area contributed by atoms with Crippen LogP contribution in [0.5, 0.6) is 0 Å². The minimum Gasteiger partial charge on any atom is -0.451 e. The van der Waals surface area contributed by atoms with Gasteiger partial charge in [0.25, 0.3) is 0 Å². The second-order valence-electron chi connectivity index (χ2n) is 2.70. The summed E-state index contributed by atoms with van der Waals surface area (Å²) < 4.78 is 10.5. The Hall–Kier alpha value is -1.51. The second-order valence-corrected chi connectivity index (χ2v) is 2.70. The Kier molecular flexibility index (Phi) is 4.55. The number of rotatable bonds is 3. The van der Waals surface area contributed by atoms with E-state index in [-0.39, 0.29) is 0 Å². The molecule has 0 fully saturated rings. The molecule has 0 aliphatic carbocycles. The van der Waals surface area contributed by atoms with Crippen molar-refractivity contribution in [2.24, 2.45) is 4.99 Å². The van der Waals surface area contributed by atoms with E-state index >= 15 is 0 Å². The van der Waals surface area contributed by atoms with Gasteiger partial charge in [0.1, 0.15) is 6.61 Å². The number of hydrogen-bond acceptors (Lipinski definition) is 3. The van der Waals surface area contributed by atoms with E-state index in [1.54, 1.807) is 7.05 Å². The molecule has 0 atom stereocenters. The molecule has 3 heteroatoms. The van der Waals surface area contributed by atoms with E-state index in [0.717, 1.165) is 5.56 Å². The van der Waals surface area contributed by atoms with Crippen molar-refractivity contribution in [1.82, 2.24) is 0 Å². The van der Waals surface area contributed by atoms with Gasteiger partial charge in [-0.05, 0) is 12.5 Å². The molecule has 0 aromatic heterocycles. The Labute approximate surface area is 84.4 Å². The summed E-state index contributed by atoms with van der Waals surface area (Å²) in [5.74, 6) is 0. The van der Waals surface area contributed by atoms with Gasteiger partial charge in [0.2, 0.25) is 0 Å². The SMILES string of the molecule is CCOC(=NC)OCc1ccccc1. The van der Waals surface area contributed by atoms with Crippen molar-refractivity contribution >= 4 is 6.08 Å². The maximum Gasteiger partial charge on any atom is 0.383 e.